The van der Waals surface area contributed by atoms with E-state index in [2.05, 4.69) is 5.32 Å². The van der Waals surface area contributed by atoms with E-state index in [0.717, 1.165) is 0 Å². The predicted octanol–water partition coefficient (Wildman–Crippen LogP) is -0.729. The lowest BCUT2D eigenvalue weighted by molar-refractivity contribution is -0.119. The standard InChI is InChI=1S/C10H19NO4/c1-7(12)11-5-10(6-15-2)3-8(13)9(14)4-10/h8-9,13-14H,3-6H2,1-2H3,(H,11,12)/t8-,9+,10?. The van der Waals surface area contributed by atoms with Crippen LogP contribution in [-0.4, -0.2) is 48.6 Å². The Balaban J connectivity index is 2.59. The van der Waals surface area contributed by atoms with Gasteiger partial charge in [0.05, 0.1) is 18.8 Å². The Morgan fingerprint density at radius 3 is 2.40 bits per heavy atom. The maximum atomic E-state index is 10.8. The highest BCUT2D eigenvalue weighted by atomic mass is 16.5. The number of rotatable bonds is 4. The van der Waals surface area contributed by atoms with Crippen molar-refractivity contribution in [3.63, 3.8) is 0 Å². The first-order valence-corrected chi connectivity index (χ1v) is 5.09. The van der Waals surface area contributed by atoms with Crippen molar-refractivity contribution in [3.05, 3.63) is 0 Å². The van der Waals surface area contributed by atoms with Crippen molar-refractivity contribution in [3.8, 4) is 0 Å². The van der Waals surface area contributed by atoms with Crippen LogP contribution in [0.2, 0.25) is 0 Å². The summed E-state index contributed by atoms with van der Waals surface area (Å²) in [6, 6.07) is 0. The van der Waals surface area contributed by atoms with Crippen LogP contribution in [0.3, 0.4) is 0 Å². The normalized spacial score (nSPS) is 35.5. The molecule has 1 amide bonds. The summed E-state index contributed by atoms with van der Waals surface area (Å²) in [5.41, 5.74) is -0.334. The SMILES string of the molecule is COCC1(CNC(C)=O)C[C@@H](O)[C@@H](O)C1. The highest BCUT2D eigenvalue weighted by molar-refractivity contribution is 5.72. The summed E-state index contributed by atoms with van der Waals surface area (Å²) >= 11 is 0. The first-order valence-electron chi connectivity index (χ1n) is 5.09. The molecule has 3 N–H and O–H groups in total. The van der Waals surface area contributed by atoms with Gasteiger partial charge in [0.1, 0.15) is 0 Å². The molecule has 0 spiro atoms. The van der Waals surface area contributed by atoms with Crippen molar-refractivity contribution in [2.45, 2.75) is 32.0 Å². The fraction of sp³-hybridized carbons (Fsp3) is 0.900. The molecule has 0 aliphatic heterocycles. The molecule has 1 saturated carbocycles. The Labute approximate surface area is 89.4 Å². The van der Waals surface area contributed by atoms with Gasteiger partial charge < -0.3 is 20.3 Å². The number of hydrogen-bond donors (Lipinski definition) is 3. The molecule has 88 valence electrons. The number of aliphatic hydroxyl groups is 2. The van der Waals surface area contributed by atoms with Gasteiger partial charge in [-0.2, -0.15) is 0 Å². The summed E-state index contributed by atoms with van der Waals surface area (Å²) in [5, 5.41) is 21.7. The van der Waals surface area contributed by atoms with Crippen LogP contribution >= 0.6 is 0 Å². The average molecular weight is 217 g/mol. The molecule has 0 radical (unpaired) electrons. The molecule has 0 aromatic carbocycles. The van der Waals surface area contributed by atoms with Gasteiger partial charge in [-0.1, -0.05) is 0 Å². The molecule has 5 heteroatoms. The molecule has 1 fully saturated rings. The third-order valence-electron chi connectivity index (χ3n) is 2.89. The number of hydrogen-bond acceptors (Lipinski definition) is 4. The largest absolute Gasteiger partial charge is 0.390 e. The molecular weight excluding hydrogens is 198 g/mol. The zero-order valence-corrected chi connectivity index (χ0v) is 9.19. The van der Waals surface area contributed by atoms with E-state index in [1.165, 1.54) is 6.92 Å². The second kappa shape index (κ2) is 4.92. The Bertz CT molecular complexity index is 221. The van der Waals surface area contributed by atoms with Crippen LogP contribution in [0.1, 0.15) is 19.8 Å². The molecule has 0 bridgehead atoms. The Hall–Kier alpha value is -0.650. The van der Waals surface area contributed by atoms with Crippen molar-refractivity contribution in [2.75, 3.05) is 20.3 Å². The summed E-state index contributed by atoms with van der Waals surface area (Å²) < 4.78 is 5.08. The molecule has 1 aliphatic rings. The van der Waals surface area contributed by atoms with E-state index in [-0.39, 0.29) is 11.3 Å². The monoisotopic (exact) mass is 217 g/mol. The van der Waals surface area contributed by atoms with Gasteiger partial charge >= 0.3 is 0 Å². The summed E-state index contributed by atoms with van der Waals surface area (Å²) in [4.78, 5) is 10.8. The Morgan fingerprint density at radius 2 is 2.00 bits per heavy atom. The van der Waals surface area contributed by atoms with E-state index >= 15 is 0 Å². The molecule has 0 aromatic heterocycles. The maximum Gasteiger partial charge on any atom is 0.216 e. The lowest BCUT2D eigenvalue weighted by Crippen LogP contribution is -2.38. The smallest absolute Gasteiger partial charge is 0.216 e. The van der Waals surface area contributed by atoms with E-state index in [9.17, 15) is 15.0 Å². The number of ether oxygens (including phenoxy) is 1. The Morgan fingerprint density at radius 1 is 1.47 bits per heavy atom. The van der Waals surface area contributed by atoms with Gasteiger partial charge in [0.2, 0.25) is 5.91 Å². The van der Waals surface area contributed by atoms with Crippen LogP contribution in [-0.2, 0) is 9.53 Å². The molecule has 1 aliphatic carbocycles. The van der Waals surface area contributed by atoms with Gasteiger partial charge in [-0.05, 0) is 12.8 Å². The van der Waals surface area contributed by atoms with Gasteiger partial charge in [-0.15, -0.1) is 0 Å². The molecule has 0 aromatic rings. The summed E-state index contributed by atoms with van der Waals surface area (Å²) in [7, 11) is 1.58. The fourth-order valence-electron chi connectivity index (χ4n) is 2.17. The summed E-state index contributed by atoms with van der Waals surface area (Å²) in [6.45, 7) is 2.31. The summed E-state index contributed by atoms with van der Waals surface area (Å²) in [5.74, 6) is -0.110. The minimum Gasteiger partial charge on any atom is -0.390 e. The quantitative estimate of drug-likeness (QED) is 0.580. The van der Waals surface area contributed by atoms with Gasteiger partial charge in [-0.3, -0.25) is 4.79 Å². The van der Waals surface area contributed by atoms with Crippen LogP contribution in [0, 0.1) is 5.41 Å². The van der Waals surface area contributed by atoms with Crippen molar-refractivity contribution in [2.24, 2.45) is 5.41 Å². The number of aliphatic hydroxyl groups excluding tert-OH is 2. The van der Waals surface area contributed by atoms with Gasteiger partial charge in [-0.25, -0.2) is 0 Å². The van der Waals surface area contributed by atoms with Crippen LogP contribution in [0.25, 0.3) is 0 Å². The van der Waals surface area contributed by atoms with E-state index in [0.29, 0.717) is 26.0 Å². The number of amides is 1. The van der Waals surface area contributed by atoms with Crippen LogP contribution < -0.4 is 5.32 Å². The van der Waals surface area contributed by atoms with Crippen LogP contribution in [0.4, 0.5) is 0 Å². The lowest BCUT2D eigenvalue weighted by Gasteiger charge is -2.28. The molecule has 3 atom stereocenters. The first-order chi connectivity index (χ1) is 6.99. The van der Waals surface area contributed by atoms with E-state index in [4.69, 9.17) is 4.74 Å². The summed E-state index contributed by atoms with van der Waals surface area (Å²) in [6.07, 6.45) is -0.507. The van der Waals surface area contributed by atoms with Crippen LogP contribution in [0.15, 0.2) is 0 Å². The van der Waals surface area contributed by atoms with Crippen LogP contribution in [0.5, 0.6) is 0 Å². The topological polar surface area (TPSA) is 78.8 Å². The highest BCUT2D eigenvalue weighted by Gasteiger charge is 2.44. The highest BCUT2D eigenvalue weighted by Crippen LogP contribution is 2.38. The molecule has 0 saturated heterocycles. The predicted molar refractivity (Wildman–Crippen MR) is 54.2 cm³/mol. The second-order valence-corrected chi connectivity index (χ2v) is 4.39. The zero-order valence-electron chi connectivity index (χ0n) is 9.19. The van der Waals surface area contributed by atoms with Crippen molar-refractivity contribution in [1.29, 1.82) is 0 Å². The maximum absolute atomic E-state index is 10.8. The minimum absolute atomic E-state index is 0.110. The van der Waals surface area contributed by atoms with E-state index in [1.54, 1.807) is 7.11 Å². The van der Waals surface area contributed by atoms with E-state index in [1.807, 2.05) is 0 Å². The molecule has 15 heavy (non-hydrogen) atoms. The van der Waals surface area contributed by atoms with Crippen molar-refractivity contribution in [1.82, 2.24) is 5.32 Å². The third-order valence-corrected chi connectivity index (χ3v) is 2.89. The zero-order chi connectivity index (χ0) is 11.5. The van der Waals surface area contributed by atoms with Gasteiger partial charge in [0.15, 0.2) is 0 Å². The van der Waals surface area contributed by atoms with Crippen molar-refractivity contribution < 1.29 is 19.7 Å². The van der Waals surface area contributed by atoms with Gasteiger partial charge in [0.25, 0.3) is 0 Å². The van der Waals surface area contributed by atoms with E-state index < -0.39 is 12.2 Å². The second-order valence-electron chi connectivity index (χ2n) is 4.39. The van der Waals surface area contributed by atoms with Crippen molar-refractivity contribution >= 4 is 5.91 Å². The molecule has 1 unspecified atom stereocenters. The molecular formula is C10H19NO4. The Kier molecular flexibility index (Phi) is 4.07. The number of nitrogens with one attached hydrogen (secondary N) is 1. The first kappa shape index (κ1) is 12.4. The molecule has 1 rings (SSSR count). The average Bonchev–Trinajstić information content (AvgIpc) is 2.41. The number of carbonyl (C=O) groups is 1. The third kappa shape index (κ3) is 3.15. The minimum atomic E-state index is -0.714. The lowest BCUT2D eigenvalue weighted by atomic mass is 9.86. The molecule has 5 nitrogen and oxygen atoms in total. The number of carbonyl (C=O) groups excluding carboxylic acids is 1. The number of methoxy groups -OCH3 is 1. The fourth-order valence-corrected chi connectivity index (χ4v) is 2.17. The molecule has 0 heterocycles. The van der Waals surface area contributed by atoms with Gasteiger partial charge in [0, 0.05) is 26.0 Å².